The molecule has 1 unspecified atom stereocenters. The van der Waals surface area contributed by atoms with Gasteiger partial charge in [0.25, 0.3) is 5.56 Å². The van der Waals surface area contributed by atoms with Crippen LogP contribution in [0.25, 0.3) is 10.9 Å². The highest BCUT2D eigenvalue weighted by Gasteiger charge is 2.24. The van der Waals surface area contributed by atoms with E-state index in [0.29, 0.717) is 10.6 Å². The SMILES string of the molecule is O=c1c2ccccc2nc2n1CC(CS)S2. The lowest BCUT2D eigenvalue weighted by Gasteiger charge is -2.03. The highest BCUT2D eigenvalue weighted by Crippen LogP contribution is 2.30. The maximum absolute atomic E-state index is 12.2. The van der Waals surface area contributed by atoms with Gasteiger partial charge in [-0.1, -0.05) is 23.9 Å². The number of para-hydroxylation sites is 1. The minimum Gasteiger partial charge on any atom is -0.286 e. The molecule has 0 fully saturated rings. The van der Waals surface area contributed by atoms with Gasteiger partial charge in [0.1, 0.15) is 0 Å². The molecule has 1 aromatic heterocycles. The number of rotatable bonds is 1. The molecular weight excluding hydrogens is 240 g/mol. The van der Waals surface area contributed by atoms with E-state index in [0.717, 1.165) is 23.0 Å². The van der Waals surface area contributed by atoms with Crippen molar-refractivity contribution in [2.24, 2.45) is 0 Å². The maximum atomic E-state index is 12.2. The summed E-state index contributed by atoms with van der Waals surface area (Å²) < 4.78 is 1.76. The van der Waals surface area contributed by atoms with Crippen LogP contribution in [0.5, 0.6) is 0 Å². The van der Waals surface area contributed by atoms with Gasteiger partial charge in [-0.05, 0) is 12.1 Å². The van der Waals surface area contributed by atoms with Gasteiger partial charge in [0.2, 0.25) is 0 Å². The second-order valence-electron chi connectivity index (χ2n) is 3.75. The predicted octanol–water partition coefficient (Wildman–Crippen LogP) is 1.80. The van der Waals surface area contributed by atoms with Crippen LogP contribution in [0.1, 0.15) is 0 Å². The Morgan fingerprint density at radius 1 is 1.50 bits per heavy atom. The molecule has 2 aromatic rings. The average Bonchev–Trinajstić information content (AvgIpc) is 2.73. The molecule has 3 nitrogen and oxygen atoms in total. The Kier molecular flexibility index (Phi) is 2.44. The van der Waals surface area contributed by atoms with Crippen molar-refractivity contribution >= 4 is 35.3 Å². The van der Waals surface area contributed by atoms with Crippen molar-refractivity contribution in [3.8, 4) is 0 Å². The Bertz CT molecular complexity index is 608. The largest absolute Gasteiger partial charge is 0.286 e. The van der Waals surface area contributed by atoms with Gasteiger partial charge in [-0.15, -0.1) is 0 Å². The summed E-state index contributed by atoms with van der Waals surface area (Å²) in [5.74, 6) is 0.768. The van der Waals surface area contributed by atoms with E-state index in [1.807, 2.05) is 24.3 Å². The van der Waals surface area contributed by atoms with Gasteiger partial charge in [0.15, 0.2) is 5.16 Å². The molecule has 0 aliphatic carbocycles. The molecule has 2 heterocycles. The molecule has 82 valence electrons. The molecular formula is C11H10N2OS2. The van der Waals surface area contributed by atoms with Gasteiger partial charge in [0, 0.05) is 17.5 Å². The fourth-order valence-electron chi connectivity index (χ4n) is 1.88. The van der Waals surface area contributed by atoms with Gasteiger partial charge in [-0.25, -0.2) is 4.98 Å². The molecule has 0 saturated heterocycles. The first kappa shape index (κ1) is 10.2. The van der Waals surface area contributed by atoms with Gasteiger partial charge in [-0.3, -0.25) is 9.36 Å². The summed E-state index contributed by atoms with van der Waals surface area (Å²) in [5.41, 5.74) is 0.850. The van der Waals surface area contributed by atoms with Crippen LogP contribution in [0.15, 0.2) is 34.2 Å². The van der Waals surface area contributed by atoms with Crippen molar-refractivity contribution in [2.45, 2.75) is 17.0 Å². The zero-order chi connectivity index (χ0) is 11.1. The van der Waals surface area contributed by atoms with Crippen molar-refractivity contribution in [3.63, 3.8) is 0 Å². The van der Waals surface area contributed by atoms with Crippen LogP contribution in [0.4, 0.5) is 0 Å². The normalized spacial score (nSPS) is 18.9. The summed E-state index contributed by atoms with van der Waals surface area (Å²) in [7, 11) is 0. The number of fused-ring (bicyclic) bond motifs is 2. The van der Waals surface area contributed by atoms with Crippen LogP contribution in [-0.2, 0) is 6.54 Å². The Balaban J connectivity index is 2.28. The topological polar surface area (TPSA) is 34.9 Å². The van der Waals surface area contributed by atoms with Crippen molar-refractivity contribution in [1.29, 1.82) is 0 Å². The predicted molar refractivity (Wildman–Crippen MR) is 69.5 cm³/mol. The number of thioether (sulfide) groups is 1. The monoisotopic (exact) mass is 250 g/mol. The summed E-state index contributed by atoms with van der Waals surface area (Å²) in [6.45, 7) is 0.722. The second kappa shape index (κ2) is 3.82. The van der Waals surface area contributed by atoms with Crippen molar-refractivity contribution in [3.05, 3.63) is 34.6 Å². The number of thiol groups is 1. The molecule has 0 radical (unpaired) electrons. The fourth-order valence-corrected chi connectivity index (χ4v) is 3.25. The van der Waals surface area contributed by atoms with Gasteiger partial charge in [-0.2, -0.15) is 12.6 Å². The van der Waals surface area contributed by atoms with Crippen LogP contribution in [0.3, 0.4) is 0 Å². The molecule has 1 aliphatic rings. The minimum atomic E-state index is 0.0670. The molecule has 0 N–H and O–H groups in total. The molecule has 16 heavy (non-hydrogen) atoms. The first-order chi connectivity index (χ1) is 7.79. The highest BCUT2D eigenvalue weighted by molar-refractivity contribution is 8.00. The van der Waals surface area contributed by atoms with Crippen LogP contribution in [-0.4, -0.2) is 20.6 Å². The lowest BCUT2D eigenvalue weighted by atomic mass is 10.2. The number of aromatic nitrogens is 2. The van der Waals surface area contributed by atoms with E-state index in [2.05, 4.69) is 17.6 Å². The van der Waals surface area contributed by atoms with Crippen LogP contribution < -0.4 is 5.56 Å². The van der Waals surface area contributed by atoms with E-state index >= 15 is 0 Å². The lowest BCUT2D eigenvalue weighted by molar-refractivity contribution is 0.631. The smallest absolute Gasteiger partial charge is 0.262 e. The van der Waals surface area contributed by atoms with Crippen LogP contribution in [0, 0.1) is 0 Å². The van der Waals surface area contributed by atoms with Crippen molar-refractivity contribution in [1.82, 2.24) is 9.55 Å². The second-order valence-corrected chi connectivity index (χ2v) is 5.38. The summed E-state index contributed by atoms with van der Waals surface area (Å²) in [6, 6.07) is 7.49. The Hall–Kier alpha value is -0.940. The third-order valence-electron chi connectivity index (χ3n) is 2.69. The first-order valence-electron chi connectivity index (χ1n) is 5.06. The molecule has 0 amide bonds. The molecule has 5 heteroatoms. The van der Waals surface area contributed by atoms with E-state index < -0.39 is 0 Å². The van der Waals surface area contributed by atoms with E-state index in [9.17, 15) is 4.79 Å². The Labute approximate surface area is 102 Å². The molecule has 1 atom stereocenters. The Morgan fingerprint density at radius 3 is 3.12 bits per heavy atom. The third-order valence-corrected chi connectivity index (χ3v) is 4.55. The molecule has 0 spiro atoms. The molecule has 3 rings (SSSR count). The van der Waals surface area contributed by atoms with Crippen molar-refractivity contribution < 1.29 is 0 Å². The van der Waals surface area contributed by atoms with E-state index in [1.165, 1.54) is 0 Å². The van der Waals surface area contributed by atoms with E-state index in [1.54, 1.807) is 16.3 Å². The number of hydrogen-bond acceptors (Lipinski definition) is 4. The molecule has 0 bridgehead atoms. The minimum absolute atomic E-state index is 0.0670. The molecule has 0 saturated carbocycles. The quantitative estimate of drug-likeness (QED) is 0.619. The van der Waals surface area contributed by atoms with E-state index in [-0.39, 0.29) is 5.56 Å². The van der Waals surface area contributed by atoms with Crippen LogP contribution in [0.2, 0.25) is 0 Å². The molecule has 1 aliphatic heterocycles. The van der Waals surface area contributed by atoms with Gasteiger partial charge in [0.05, 0.1) is 10.9 Å². The zero-order valence-electron chi connectivity index (χ0n) is 8.46. The van der Waals surface area contributed by atoms with E-state index in [4.69, 9.17) is 0 Å². The summed E-state index contributed by atoms with van der Waals surface area (Å²) >= 11 is 5.91. The van der Waals surface area contributed by atoms with Gasteiger partial charge >= 0.3 is 0 Å². The zero-order valence-corrected chi connectivity index (χ0v) is 10.2. The first-order valence-corrected chi connectivity index (χ1v) is 6.58. The summed E-state index contributed by atoms with van der Waals surface area (Å²) in [5, 5.41) is 1.88. The summed E-state index contributed by atoms with van der Waals surface area (Å²) in [4.78, 5) is 16.7. The molecule has 1 aromatic carbocycles. The lowest BCUT2D eigenvalue weighted by Crippen LogP contribution is -2.22. The van der Waals surface area contributed by atoms with Crippen LogP contribution >= 0.6 is 24.4 Å². The average molecular weight is 250 g/mol. The third kappa shape index (κ3) is 1.46. The summed E-state index contributed by atoms with van der Waals surface area (Å²) in [6.07, 6.45) is 0. The Morgan fingerprint density at radius 2 is 2.31 bits per heavy atom. The number of benzene rings is 1. The fraction of sp³-hybridized carbons (Fsp3) is 0.273. The van der Waals surface area contributed by atoms with Gasteiger partial charge < -0.3 is 0 Å². The number of nitrogens with zero attached hydrogens (tertiary/aromatic N) is 2. The highest BCUT2D eigenvalue weighted by atomic mass is 32.2. The van der Waals surface area contributed by atoms with Crippen molar-refractivity contribution in [2.75, 3.05) is 5.75 Å². The standard InChI is InChI=1S/C11H10N2OS2/c14-10-8-3-1-2-4-9(8)12-11-13(10)5-7(6-15)16-11/h1-4,7,15H,5-6H2. The maximum Gasteiger partial charge on any atom is 0.262 e. The number of hydrogen-bond donors (Lipinski definition) is 1.